The summed E-state index contributed by atoms with van der Waals surface area (Å²) >= 11 is 0. The first-order chi connectivity index (χ1) is 6.18. The fourth-order valence-electron chi connectivity index (χ4n) is 1.27. The van der Waals surface area contributed by atoms with Gasteiger partial charge >= 0.3 is 0 Å². The predicted molar refractivity (Wildman–Crippen MR) is 47.6 cm³/mol. The molecule has 1 N–H and O–H groups in total. The van der Waals surface area contributed by atoms with Gasteiger partial charge in [0, 0.05) is 17.5 Å². The van der Waals surface area contributed by atoms with Crippen molar-refractivity contribution in [1.82, 2.24) is 5.32 Å². The first-order valence-corrected chi connectivity index (χ1v) is 3.80. The topological polar surface area (TPSA) is 12.0 Å². The van der Waals surface area contributed by atoms with E-state index in [2.05, 4.69) is 11.9 Å². The van der Waals surface area contributed by atoms with E-state index in [-0.39, 0.29) is 0 Å². The second-order valence-corrected chi connectivity index (χ2v) is 2.81. The van der Waals surface area contributed by atoms with Gasteiger partial charge in [0.05, 0.1) is 0 Å². The molecule has 13 heavy (non-hydrogen) atoms. The molecule has 66 valence electrons. The SMILES string of the molecule is C=C1NC=Cc2cc(F)c(F)cc21. The Morgan fingerprint density at radius 2 is 1.85 bits per heavy atom. The van der Waals surface area contributed by atoms with Crippen molar-refractivity contribution in [2.75, 3.05) is 0 Å². The van der Waals surface area contributed by atoms with Crippen LogP contribution in [-0.2, 0) is 0 Å². The number of rotatable bonds is 0. The third kappa shape index (κ3) is 1.22. The molecule has 1 aliphatic rings. The smallest absolute Gasteiger partial charge is 0.159 e. The molecule has 0 bridgehead atoms. The van der Waals surface area contributed by atoms with Gasteiger partial charge in [-0.2, -0.15) is 0 Å². The normalized spacial score (nSPS) is 13.8. The van der Waals surface area contributed by atoms with Gasteiger partial charge < -0.3 is 5.32 Å². The number of halogens is 2. The van der Waals surface area contributed by atoms with Crippen molar-refractivity contribution in [3.8, 4) is 0 Å². The highest BCUT2D eigenvalue weighted by Crippen LogP contribution is 2.23. The lowest BCUT2D eigenvalue weighted by Crippen LogP contribution is -2.09. The van der Waals surface area contributed by atoms with Gasteiger partial charge in [0.1, 0.15) is 0 Å². The molecule has 1 heterocycles. The van der Waals surface area contributed by atoms with E-state index < -0.39 is 11.6 Å². The van der Waals surface area contributed by atoms with Gasteiger partial charge in [0.15, 0.2) is 11.6 Å². The summed E-state index contributed by atoms with van der Waals surface area (Å²) in [6.07, 6.45) is 3.31. The number of hydrogen-bond acceptors (Lipinski definition) is 1. The van der Waals surface area contributed by atoms with Crippen molar-refractivity contribution >= 4 is 11.8 Å². The van der Waals surface area contributed by atoms with E-state index in [1.807, 2.05) is 0 Å². The summed E-state index contributed by atoms with van der Waals surface area (Å²) in [5, 5.41) is 2.82. The maximum absolute atomic E-state index is 12.8. The van der Waals surface area contributed by atoms with Crippen LogP contribution >= 0.6 is 0 Å². The maximum Gasteiger partial charge on any atom is 0.159 e. The zero-order valence-electron chi connectivity index (χ0n) is 6.77. The van der Waals surface area contributed by atoms with Crippen LogP contribution in [0.3, 0.4) is 0 Å². The summed E-state index contributed by atoms with van der Waals surface area (Å²) in [7, 11) is 0. The van der Waals surface area contributed by atoms with Crippen molar-refractivity contribution in [1.29, 1.82) is 0 Å². The van der Waals surface area contributed by atoms with Gasteiger partial charge in [-0.1, -0.05) is 6.58 Å². The Hall–Kier alpha value is -1.64. The van der Waals surface area contributed by atoms with Crippen molar-refractivity contribution in [2.45, 2.75) is 0 Å². The minimum absolute atomic E-state index is 0.580. The van der Waals surface area contributed by atoms with Gasteiger partial charge in [-0.15, -0.1) is 0 Å². The van der Waals surface area contributed by atoms with Gasteiger partial charge in [-0.25, -0.2) is 8.78 Å². The standard InChI is InChI=1S/C10H7F2N/c1-6-8-5-10(12)9(11)4-7(8)2-3-13-6/h2-5,13H,1H2. The molecule has 0 aromatic heterocycles. The number of fused-ring (bicyclic) bond motifs is 1. The lowest BCUT2D eigenvalue weighted by Gasteiger charge is -2.14. The summed E-state index contributed by atoms with van der Waals surface area (Å²) < 4.78 is 25.6. The average Bonchev–Trinajstić information content (AvgIpc) is 2.09. The van der Waals surface area contributed by atoms with Crippen molar-refractivity contribution in [2.24, 2.45) is 0 Å². The van der Waals surface area contributed by atoms with Crippen molar-refractivity contribution in [3.63, 3.8) is 0 Å². The van der Waals surface area contributed by atoms with Crippen molar-refractivity contribution in [3.05, 3.63) is 47.7 Å². The molecule has 0 fully saturated rings. The van der Waals surface area contributed by atoms with E-state index in [1.165, 1.54) is 0 Å². The summed E-state index contributed by atoms with van der Waals surface area (Å²) in [5.41, 5.74) is 1.82. The van der Waals surface area contributed by atoms with E-state index in [1.54, 1.807) is 12.3 Å². The monoisotopic (exact) mass is 179 g/mol. The van der Waals surface area contributed by atoms with Crippen LogP contribution in [0.4, 0.5) is 8.78 Å². The van der Waals surface area contributed by atoms with Crippen LogP contribution in [-0.4, -0.2) is 0 Å². The van der Waals surface area contributed by atoms with Gasteiger partial charge in [-0.3, -0.25) is 0 Å². The molecule has 0 spiro atoms. The number of benzene rings is 1. The van der Waals surface area contributed by atoms with Crippen LogP contribution in [0.5, 0.6) is 0 Å². The van der Waals surface area contributed by atoms with Gasteiger partial charge in [-0.05, 0) is 23.8 Å². The molecule has 0 amide bonds. The summed E-state index contributed by atoms with van der Waals surface area (Å²) in [4.78, 5) is 0. The molecule has 0 atom stereocenters. The first kappa shape index (κ1) is 7.98. The summed E-state index contributed by atoms with van der Waals surface area (Å²) in [6, 6.07) is 2.30. The van der Waals surface area contributed by atoms with Crippen LogP contribution < -0.4 is 5.32 Å². The van der Waals surface area contributed by atoms with Crippen LogP contribution in [0.25, 0.3) is 11.8 Å². The Balaban J connectivity index is 2.67. The average molecular weight is 179 g/mol. The summed E-state index contributed by atoms with van der Waals surface area (Å²) in [5.74, 6) is -1.69. The minimum atomic E-state index is -0.850. The van der Waals surface area contributed by atoms with Crippen LogP contribution in [0.1, 0.15) is 11.1 Å². The molecule has 3 heteroatoms. The lowest BCUT2D eigenvalue weighted by molar-refractivity contribution is 0.508. The summed E-state index contributed by atoms with van der Waals surface area (Å²) in [6.45, 7) is 3.67. The fraction of sp³-hybridized carbons (Fsp3) is 0. The lowest BCUT2D eigenvalue weighted by atomic mass is 10.0. The van der Waals surface area contributed by atoms with Crippen LogP contribution in [0.2, 0.25) is 0 Å². The molecular weight excluding hydrogens is 172 g/mol. The van der Waals surface area contributed by atoms with Crippen LogP contribution in [0, 0.1) is 11.6 Å². The number of hydrogen-bond donors (Lipinski definition) is 1. The zero-order valence-corrected chi connectivity index (χ0v) is 6.77. The maximum atomic E-state index is 12.8. The highest BCUT2D eigenvalue weighted by molar-refractivity contribution is 5.76. The molecule has 0 saturated carbocycles. The minimum Gasteiger partial charge on any atom is -0.362 e. The molecule has 0 aliphatic carbocycles. The molecule has 1 aromatic carbocycles. The molecule has 0 saturated heterocycles. The molecule has 1 aliphatic heterocycles. The second kappa shape index (κ2) is 2.69. The zero-order chi connectivity index (χ0) is 9.42. The third-order valence-corrected chi connectivity index (χ3v) is 1.94. The largest absolute Gasteiger partial charge is 0.362 e. The van der Waals surface area contributed by atoms with Crippen molar-refractivity contribution < 1.29 is 8.78 Å². The molecule has 2 rings (SSSR count). The molecule has 1 nitrogen and oxygen atoms in total. The third-order valence-electron chi connectivity index (χ3n) is 1.94. The van der Waals surface area contributed by atoms with Crippen LogP contribution in [0.15, 0.2) is 24.9 Å². The Kier molecular flexibility index (Phi) is 1.65. The van der Waals surface area contributed by atoms with E-state index >= 15 is 0 Å². The molecular formula is C10H7F2N. The van der Waals surface area contributed by atoms with E-state index in [0.717, 1.165) is 12.1 Å². The van der Waals surface area contributed by atoms with Gasteiger partial charge in [0.2, 0.25) is 0 Å². The second-order valence-electron chi connectivity index (χ2n) is 2.81. The highest BCUT2D eigenvalue weighted by Gasteiger charge is 2.12. The Bertz CT molecular complexity index is 408. The Morgan fingerprint density at radius 3 is 2.62 bits per heavy atom. The number of nitrogens with one attached hydrogen (secondary N) is 1. The highest BCUT2D eigenvalue weighted by atomic mass is 19.2. The fourth-order valence-corrected chi connectivity index (χ4v) is 1.27. The predicted octanol–water partition coefficient (Wildman–Crippen LogP) is 2.51. The molecule has 1 aromatic rings. The Labute approximate surface area is 74.4 Å². The van der Waals surface area contributed by atoms with E-state index in [0.29, 0.717) is 16.8 Å². The first-order valence-electron chi connectivity index (χ1n) is 3.80. The van der Waals surface area contributed by atoms with E-state index in [9.17, 15) is 8.78 Å². The van der Waals surface area contributed by atoms with Gasteiger partial charge in [0.25, 0.3) is 0 Å². The molecule has 0 unspecified atom stereocenters. The Morgan fingerprint density at radius 1 is 1.15 bits per heavy atom. The molecule has 0 radical (unpaired) electrons. The van der Waals surface area contributed by atoms with E-state index in [4.69, 9.17) is 0 Å². The quantitative estimate of drug-likeness (QED) is 0.645.